The predicted molar refractivity (Wildman–Crippen MR) is 66.6 cm³/mol. The molecule has 0 saturated carbocycles. The third-order valence-corrected chi connectivity index (χ3v) is 2.64. The van der Waals surface area contributed by atoms with E-state index in [0.29, 0.717) is 29.5 Å². The highest BCUT2D eigenvalue weighted by Gasteiger charge is 2.06. The largest absolute Gasteiger partial charge is 0.481 e. The Hall–Kier alpha value is -1.88. The second-order valence-electron chi connectivity index (χ2n) is 3.90. The number of carbonyl (C=O) groups is 1. The average molecular weight is 266 g/mol. The Morgan fingerprint density at radius 2 is 2.28 bits per heavy atom. The predicted octanol–water partition coefficient (Wildman–Crippen LogP) is 2.07. The molecule has 0 aliphatic heterocycles. The Balaban J connectivity index is 2.00. The highest BCUT2D eigenvalue weighted by atomic mass is 35.5. The first-order valence-corrected chi connectivity index (χ1v) is 5.87. The molecule has 18 heavy (non-hydrogen) atoms. The fraction of sp³-hybridized carbons (Fsp3) is 0.250. The van der Waals surface area contributed by atoms with Crippen molar-refractivity contribution in [1.82, 2.24) is 15.2 Å². The first-order valence-electron chi connectivity index (χ1n) is 5.50. The Kier molecular flexibility index (Phi) is 3.94. The number of aliphatic carboxylic acids is 1. The molecule has 0 amide bonds. The number of aryl methyl sites for hydroxylation is 1. The van der Waals surface area contributed by atoms with E-state index in [0.717, 1.165) is 5.56 Å². The molecule has 0 spiro atoms. The highest BCUT2D eigenvalue weighted by Crippen LogP contribution is 2.13. The molecule has 1 aromatic heterocycles. The molecule has 2 N–H and O–H groups in total. The van der Waals surface area contributed by atoms with Gasteiger partial charge in [0.05, 0.1) is 6.42 Å². The van der Waals surface area contributed by atoms with Crippen LogP contribution in [0.1, 0.15) is 23.6 Å². The van der Waals surface area contributed by atoms with Crippen molar-refractivity contribution in [1.29, 1.82) is 0 Å². The zero-order chi connectivity index (χ0) is 13.0. The maximum absolute atomic E-state index is 10.4. The van der Waals surface area contributed by atoms with Crippen LogP contribution in [-0.2, 0) is 17.6 Å². The van der Waals surface area contributed by atoms with Crippen LogP contribution in [0, 0.1) is 0 Å². The Morgan fingerprint density at radius 1 is 1.44 bits per heavy atom. The summed E-state index contributed by atoms with van der Waals surface area (Å²) in [6.45, 7) is 0. The quantitative estimate of drug-likeness (QED) is 0.867. The van der Waals surface area contributed by atoms with Crippen molar-refractivity contribution in [3.05, 3.63) is 46.5 Å². The van der Waals surface area contributed by atoms with Gasteiger partial charge < -0.3 is 5.11 Å². The van der Waals surface area contributed by atoms with Crippen LogP contribution in [0.2, 0.25) is 5.02 Å². The van der Waals surface area contributed by atoms with E-state index in [1.54, 1.807) is 0 Å². The summed E-state index contributed by atoms with van der Waals surface area (Å²) in [7, 11) is 0. The lowest BCUT2D eigenvalue weighted by Gasteiger charge is -1.97. The van der Waals surface area contributed by atoms with Crippen molar-refractivity contribution in [3.8, 4) is 0 Å². The minimum atomic E-state index is -0.851. The van der Waals surface area contributed by atoms with Crippen LogP contribution in [0.15, 0.2) is 24.3 Å². The second kappa shape index (κ2) is 5.64. The molecule has 6 heteroatoms. The lowest BCUT2D eigenvalue weighted by atomic mass is 10.1. The van der Waals surface area contributed by atoms with Crippen LogP contribution in [-0.4, -0.2) is 26.3 Å². The number of H-pyrrole nitrogens is 1. The minimum absolute atomic E-state index is 0.0362. The molecular weight excluding hydrogens is 254 g/mol. The van der Waals surface area contributed by atoms with E-state index < -0.39 is 5.97 Å². The van der Waals surface area contributed by atoms with Gasteiger partial charge in [0, 0.05) is 17.9 Å². The molecule has 94 valence electrons. The van der Waals surface area contributed by atoms with Gasteiger partial charge >= 0.3 is 5.97 Å². The number of halogens is 1. The smallest absolute Gasteiger partial charge is 0.303 e. The van der Waals surface area contributed by atoms with Crippen LogP contribution in [0.4, 0.5) is 0 Å². The van der Waals surface area contributed by atoms with E-state index in [4.69, 9.17) is 16.7 Å². The molecule has 2 aromatic rings. The Labute approximate surface area is 109 Å². The van der Waals surface area contributed by atoms with Crippen LogP contribution in [0.25, 0.3) is 0 Å². The normalized spacial score (nSPS) is 10.5. The zero-order valence-corrected chi connectivity index (χ0v) is 10.3. The lowest BCUT2D eigenvalue weighted by molar-refractivity contribution is -0.137. The summed E-state index contributed by atoms with van der Waals surface area (Å²) in [5.74, 6) is 0.378. The van der Waals surface area contributed by atoms with E-state index in [2.05, 4.69) is 15.2 Å². The minimum Gasteiger partial charge on any atom is -0.481 e. The molecule has 0 radical (unpaired) electrons. The van der Waals surface area contributed by atoms with E-state index in [9.17, 15) is 4.79 Å². The molecule has 5 nitrogen and oxygen atoms in total. The third-order valence-electron chi connectivity index (χ3n) is 2.40. The van der Waals surface area contributed by atoms with Crippen molar-refractivity contribution in [3.63, 3.8) is 0 Å². The fourth-order valence-electron chi connectivity index (χ4n) is 1.58. The molecule has 2 rings (SSSR count). The molecular formula is C12H12ClN3O2. The van der Waals surface area contributed by atoms with E-state index >= 15 is 0 Å². The number of nitrogens with one attached hydrogen (secondary N) is 1. The molecule has 1 heterocycles. The number of rotatable bonds is 5. The number of hydrogen-bond donors (Lipinski definition) is 2. The molecule has 0 saturated heterocycles. The first-order chi connectivity index (χ1) is 8.63. The number of aromatic nitrogens is 3. The number of benzene rings is 1. The topological polar surface area (TPSA) is 78.9 Å². The van der Waals surface area contributed by atoms with Crippen LogP contribution in [0.3, 0.4) is 0 Å². The molecule has 0 aliphatic rings. The average Bonchev–Trinajstić information content (AvgIpc) is 2.74. The fourth-order valence-corrected chi connectivity index (χ4v) is 1.80. The summed E-state index contributed by atoms with van der Waals surface area (Å²) < 4.78 is 0. The van der Waals surface area contributed by atoms with Gasteiger partial charge in [0.1, 0.15) is 5.82 Å². The van der Waals surface area contributed by atoms with Crippen LogP contribution in [0.5, 0.6) is 0 Å². The van der Waals surface area contributed by atoms with Gasteiger partial charge in [0.15, 0.2) is 5.82 Å². The third kappa shape index (κ3) is 3.56. The standard InChI is InChI=1S/C12H12ClN3O2/c13-9-3-1-2-8(6-9)7-11-14-10(15-16-11)4-5-12(17)18/h1-3,6H,4-5,7H2,(H,17,18)(H,14,15,16). The van der Waals surface area contributed by atoms with Crippen molar-refractivity contribution in [2.75, 3.05) is 0 Å². The number of carboxylic acid groups (broad SMARTS) is 1. The Bertz CT molecular complexity index is 554. The van der Waals surface area contributed by atoms with Crippen molar-refractivity contribution in [2.45, 2.75) is 19.3 Å². The maximum atomic E-state index is 10.4. The van der Waals surface area contributed by atoms with Crippen molar-refractivity contribution in [2.24, 2.45) is 0 Å². The number of nitrogens with zero attached hydrogens (tertiary/aromatic N) is 2. The molecule has 0 atom stereocenters. The molecule has 1 aromatic carbocycles. The second-order valence-corrected chi connectivity index (χ2v) is 4.34. The molecule has 0 fully saturated rings. The van der Waals surface area contributed by atoms with Gasteiger partial charge in [-0.05, 0) is 17.7 Å². The molecule has 0 bridgehead atoms. The SMILES string of the molecule is O=C(O)CCc1n[nH]c(Cc2cccc(Cl)c2)n1. The van der Waals surface area contributed by atoms with Gasteiger partial charge in [0.2, 0.25) is 0 Å². The zero-order valence-electron chi connectivity index (χ0n) is 9.56. The van der Waals surface area contributed by atoms with Gasteiger partial charge in [-0.25, -0.2) is 4.98 Å². The summed E-state index contributed by atoms with van der Waals surface area (Å²) in [4.78, 5) is 14.7. The van der Waals surface area contributed by atoms with E-state index in [1.807, 2.05) is 24.3 Å². The highest BCUT2D eigenvalue weighted by molar-refractivity contribution is 6.30. The number of aromatic amines is 1. The molecule has 0 unspecified atom stereocenters. The summed E-state index contributed by atoms with van der Waals surface area (Å²) in [6, 6.07) is 7.50. The van der Waals surface area contributed by atoms with Crippen molar-refractivity contribution >= 4 is 17.6 Å². The summed E-state index contributed by atoms with van der Waals surface area (Å²) in [6.07, 6.45) is 0.969. The van der Waals surface area contributed by atoms with E-state index in [1.165, 1.54) is 0 Å². The number of hydrogen-bond acceptors (Lipinski definition) is 3. The van der Waals surface area contributed by atoms with Crippen LogP contribution < -0.4 is 0 Å². The van der Waals surface area contributed by atoms with Gasteiger partial charge in [-0.3, -0.25) is 9.89 Å². The molecule has 0 aliphatic carbocycles. The van der Waals surface area contributed by atoms with Gasteiger partial charge in [-0.15, -0.1) is 0 Å². The first kappa shape index (κ1) is 12.6. The van der Waals surface area contributed by atoms with Gasteiger partial charge in [0.25, 0.3) is 0 Å². The summed E-state index contributed by atoms with van der Waals surface area (Å²) in [5.41, 5.74) is 1.03. The Morgan fingerprint density at radius 3 is 3.00 bits per heavy atom. The monoisotopic (exact) mass is 265 g/mol. The van der Waals surface area contributed by atoms with Gasteiger partial charge in [-0.1, -0.05) is 23.7 Å². The summed E-state index contributed by atoms with van der Waals surface area (Å²) in [5, 5.41) is 16.0. The summed E-state index contributed by atoms with van der Waals surface area (Å²) >= 11 is 5.89. The van der Waals surface area contributed by atoms with Crippen molar-refractivity contribution < 1.29 is 9.90 Å². The van der Waals surface area contributed by atoms with E-state index in [-0.39, 0.29) is 6.42 Å². The van der Waals surface area contributed by atoms with Gasteiger partial charge in [-0.2, -0.15) is 5.10 Å². The van der Waals surface area contributed by atoms with Crippen LogP contribution >= 0.6 is 11.6 Å². The number of carboxylic acids is 1. The maximum Gasteiger partial charge on any atom is 0.303 e. The lowest BCUT2D eigenvalue weighted by Crippen LogP contribution is -1.99.